The molecule has 0 bridgehead atoms. The zero-order valence-corrected chi connectivity index (χ0v) is 10.5. The minimum absolute atomic E-state index is 0.763. The van der Waals surface area contributed by atoms with Crippen molar-refractivity contribution in [2.45, 2.75) is 24.4 Å². The van der Waals surface area contributed by atoms with Crippen molar-refractivity contribution in [3.63, 3.8) is 0 Å². The molecule has 0 aliphatic heterocycles. The van der Waals surface area contributed by atoms with E-state index in [0.29, 0.717) is 0 Å². The number of furan rings is 1. The Hall–Kier alpha value is -1.33. The van der Waals surface area contributed by atoms with Crippen LogP contribution in [0.1, 0.15) is 18.2 Å². The van der Waals surface area contributed by atoms with E-state index in [4.69, 9.17) is 4.42 Å². The fraction of sp³-hybridized carbons (Fsp3) is 0.333. The number of thioether (sulfide) groups is 1. The number of rotatable bonds is 6. The lowest BCUT2D eigenvalue weighted by Crippen LogP contribution is -2.12. The van der Waals surface area contributed by atoms with Gasteiger partial charge in [-0.05, 0) is 18.7 Å². The van der Waals surface area contributed by atoms with Crippen molar-refractivity contribution >= 4 is 11.8 Å². The molecule has 17 heavy (non-hydrogen) atoms. The minimum Gasteiger partial charge on any atom is -0.468 e. The van der Waals surface area contributed by atoms with Crippen molar-refractivity contribution < 1.29 is 4.42 Å². The predicted octanol–water partition coefficient (Wildman–Crippen LogP) is 2.47. The van der Waals surface area contributed by atoms with Crippen LogP contribution in [-0.4, -0.2) is 16.5 Å². The van der Waals surface area contributed by atoms with Crippen LogP contribution in [0.2, 0.25) is 0 Å². The van der Waals surface area contributed by atoms with Gasteiger partial charge in [-0.15, -0.1) is 0 Å². The third-order valence-corrected chi connectivity index (χ3v) is 3.08. The van der Waals surface area contributed by atoms with Crippen molar-refractivity contribution in [3.05, 3.63) is 42.1 Å². The highest BCUT2D eigenvalue weighted by molar-refractivity contribution is 7.98. The fourth-order valence-electron chi connectivity index (χ4n) is 1.31. The van der Waals surface area contributed by atoms with E-state index >= 15 is 0 Å². The van der Waals surface area contributed by atoms with Gasteiger partial charge in [0.15, 0.2) is 5.16 Å². The summed E-state index contributed by atoms with van der Waals surface area (Å²) in [6, 6.07) is 3.84. The summed E-state index contributed by atoms with van der Waals surface area (Å²) in [5.41, 5.74) is 1.11. The van der Waals surface area contributed by atoms with E-state index in [0.717, 1.165) is 35.3 Å². The van der Waals surface area contributed by atoms with Crippen molar-refractivity contribution in [2.24, 2.45) is 0 Å². The molecule has 0 aliphatic rings. The summed E-state index contributed by atoms with van der Waals surface area (Å²) in [7, 11) is 0. The molecule has 90 valence electrons. The molecule has 0 amide bonds. The van der Waals surface area contributed by atoms with E-state index in [1.54, 1.807) is 18.0 Å². The summed E-state index contributed by atoms with van der Waals surface area (Å²) in [6.07, 6.45) is 5.40. The van der Waals surface area contributed by atoms with E-state index < -0.39 is 0 Å². The average molecular weight is 249 g/mol. The zero-order valence-electron chi connectivity index (χ0n) is 9.72. The first-order chi connectivity index (χ1) is 8.38. The third-order valence-electron chi connectivity index (χ3n) is 2.18. The Bertz CT molecular complexity index is 428. The van der Waals surface area contributed by atoms with E-state index in [-0.39, 0.29) is 0 Å². The normalized spacial score (nSPS) is 10.6. The Kier molecular flexibility index (Phi) is 4.58. The molecule has 2 aromatic rings. The maximum absolute atomic E-state index is 5.25. The lowest BCUT2D eigenvalue weighted by Gasteiger charge is -2.02. The Balaban J connectivity index is 1.85. The molecular formula is C12H15N3OS. The molecule has 0 aliphatic carbocycles. The molecule has 0 unspecified atom stereocenters. The molecule has 0 atom stereocenters. The van der Waals surface area contributed by atoms with Crippen LogP contribution in [0.3, 0.4) is 0 Å². The molecule has 0 aromatic carbocycles. The number of nitrogens with one attached hydrogen (secondary N) is 1. The maximum atomic E-state index is 5.25. The molecular weight excluding hydrogens is 234 g/mol. The topological polar surface area (TPSA) is 51.0 Å². The number of aromatic nitrogens is 2. The Morgan fingerprint density at radius 1 is 1.35 bits per heavy atom. The fourth-order valence-corrected chi connectivity index (χ4v) is 2.00. The van der Waals surface area contributed by atoms with Gasteiger partial charge in [-0.25, -0.2) is 9.97 Å². The SMILES string of the molecule is CCNCc1cnc(SCc2ccco2)nc1. The van der Waals surface area contributed by atoms with Crippen LogP contribution in [-0.2, 0) is 12.3 Å². The van der Waals surface area contributed by atoms with E-state index in [1.165, 1.54) is 0 Å². The molecule has 0 saturated carbocycles. The van der Waals surface area contributed by atoms with Gasteiger partial charge in [0.2, 0.25) is 0 Å². The smallest absolute Gasteiger partial charge is 0.187 e. The Labute approximate surface area is 105 Å². The molecule has 2 rings (SSSR count). The van der Waals surface area contributed by atoms with Crippen LogP contribution in [0, 0.1) is 0 Å². The highest BCUT2D eigenvalue weighted by Crippen LogP contribution is 2.18. The number of hydrogen-bond acceptors (Lipinski definition) is 5. The second kappa shape index (κ2) is 6.42. The van der Waals surface area contributed by atoms with E-state index in [1.807, 2.05) is 24.5 Å². The van der Waals surface area contributed by atoms with Crippen LogP contribution < -0.4 is 5.32 Å². The van der Waals surface area contributed by atoms with Crippen molar-refractivity contribution in [1.29, 1.82) is 0 Å². The van der Waals surface area contributed by atoms with E-state index in [9.17, 15) is 0 Å². The van der Waals surface area contributed by atoms with Crippen molar-refractivity contribution in [1.82, 2.24) is 15.3 Å². The summed E-state index contributed by atoms with van der Waals surface area (Å²) in [6.45, 7) is 3.85. The number of hydrogen-bond donors (Lipinski definition) is 1. The molecule has 5 heteroatoms. The predicted molar refractivity (Wildman–Crippen MR) is 67.7 cm³/mol. The molecule has 0 fully saturated rings. The van der Waals surface area contributed by atoms with Crippen LogP contribution in [0.25, 0.3) is 0 Å². The maximum Gasteiger partial charge on any atom is 0.187 e. The molecule has 4 nitrogen and oxygen atoms in total. The third kappa shape index (κ3) is 3.87. The largest absolute Gasteiger partial charge is 0.468 e. The highest BCUT2D eigenvalue weighted by Gasteiger charge is 2.01. The lowest BCUT2D eigenvalue weighted by atomic mass is 10.3. The van der Waals surface area contributed by atoms with Gasteiger partial charge in [0.05, 0.1) is 12.0 Å². The van der Waals surface area contributed by atoms with Crippen LogP contribution in [0.4, 0.5) is 0 Å². The molecule has 2 aromatic heterocycles. The summed E-state index contributed by atoms with van der Waals surface area (Å²) in [5, 5.41) is 4.02. The van der Waals surface area contributed by atoms with Gasteiger partial charge in [-0.1, -0.05) is 18.7 Å². The summed E-state index contributed by atoms with van der Waals surface area (Å²) < 4.78 is 5.25. The summed E-state index contributed by atoms with van der Waals surface area (Å²) >= 11 is 1.57. The zero-order chi connectivity index (χ0) is 11.9. The van der Waals surface area contributed by atoms with Crippen LogP contribution >= 0.6 is 11.8 Å². The lowest BCUT2D eigenvalue weighted by molar-refractivity contribution is 0.530. The first kappa shape index (κ1) is 12.1. The first-order valence-electron chi connectivity index (χ1n) is 5.55. The second-order valence-corrected chi connectivity index (χ2v) is 4.46. The highest BCUT2D eigenvalue weighted by atomic mass is 32.2. The van der Waals surface area contributed by atoms with Gasteiger partial charge < -0.3 is 9.73 Å². The minimum atomic E-state index is 0.763. The van der Waals surface area contributed by atoms with Crippen LogP contribution in [0.5, 0.6) is 0 Å². The quantitative estimate of drug-likeness (QED) is 0.629. The summed E-state index contributed by atoms with van der Waals surface area (Å²) in [4.78, 5) is 8.60. The van der Waals surface area contributed by atoms with Gasteiger partial charge in [0, 0.05) is 24.5 Å². The van der Waals surface area contributed by atoms with Gasteiger partial charge in [0.1, 0.15) is 5.76 Å². The van der Waals surface area contributed by atoms with E-state index in [2.05, 4.69) is 22.2 Å². The van der Waals surface area contributed by atoms with Gasteiger partial charge in [-0.3, -0.25) is 0 Å². The Morgan fingerprint density at radius 3 is 2.82 bits per heavy atom. The molecule has 1 N–H and O–H groups in total. The molecule has 0 spiro atoms. The average Bonchev–Trinajstić information content (AvgIpc) is 2.88. The molecule has 0 saturated heterocycles. The van der Waals surface area contributed by atoms with Gasteiger partial charge in [0.25, 0.3) is 0 Å². The van der Waals surface area contributed by atoms with Crippen molar-refractivity contribution in [2.75, 3.05) is 6.54 Å². The monoisotopic (exact) mass is 249 g/mol. The standard InChI is InChI=1S/C12H15N3OS/c1-2-13-6-10-7-14-12(15-8-10)17-9-11-4-3-5-16-11/h3-5,7-8,13H,2,6,9H2,1H3. The first-order valence-corrected chi connectivity index (χ1v) is 6.54. The summed E-state index contributed by atoms with van der Waals surface area (Å²) in [5.74, 6) is 1.70. The second-order valence-electron chi connectivity index (χ2n) is 3.52. The van der Waals surface area contributed by atoms with Crippen LogP contribution in [0.15, 0.2) is 40.4 Å². The Morgan fingerprint density at radius 2 is 2.18 bits per heavy atom. The molecule has 0 radical (unpaired) electrons. The van der Waals surface area contributed by atoms with Crippen molar-refractivity contribution in [3.8, 4) is 0 Å². The van der Waals surface area contributed by atoms with Gasteiger partial charge >= 0.3 is 0 Å². The number of nitrogens with zero attached hydrogens (tertiary/aromatic N) is 2. The molecule has 2 heterocycles. The van der Waals surface area contributed by atoms with Gasteiger partial charge in [-0.2, -0.15) is 0 Å².